The highest BCUT2D eigenvalue weighted by Gasteiger charge is 2.36. The number of nitrogens with zero attached hydrogens (tertiary/aromatic N) is 2. The number of piperidine rings is 1. The summed E-state index contributed by atoms with van der Waals surface area (Å²) >= 11 is 0. The van der Waals surface area contributed by atoms with Crippen molar-refractivity contribution >= 4 is 17.5 Å². The second-order valence-corrected chi connectivity index (χ2v) is 8.06. The number of pyridine rings is 1. The van der Waals surface area contributed by atoms with Crippen molar-refractivity contribution in [2.45, 2.75) is 31.3 Å². The molecule has 9 nitrogen and oxygen atoms in total. The van der Waals surface area contributed by atoms with E-state index in [9.17, 15) is 9.59 Å². The minimum absolute atomic E-state index is 0.00684. The molecular formula is C23H29N5O4. The highest BCUT2D eigenvalue weighted by Crippen LogP contribution is 2.30. The molecule has 2 amide bonds. The molecule has 1 aromatic carbocycles. The molecule has 2 aromatic rings. The molecule has 0 bridgehead atoms. The van der Waals surface area contributed by atoms with Crippen LogP contribution in [0, 0.1) is 5.92 Å². The molecule has 4 rings (SSSR count). The summed E-state index contributed by atoms with van der Waals surface area (Å²) in [5.41, 5.74) is 7.73. The van der Waals surface area contributed by atoms with Crippen molar-refractivity contribution in [3.63, 3.8) is 0 Å². The van der Waals surface area contributed by atoms with Crippen molar-refractivity contribution < 1.29 is 19.1 Å². The summed E-state index contributed by atoms with van der Waals surface area (Å²) < 4.78 is 10.6. The number of carbonyl (C=O) groups is 2. The summed E-state index contributed by atoms with van der Waals surface area (Å²) in [6.07, 6.45) is 3.87. The van der Waals surface area contributed by atoms with Gasteiger partial charge in [0.25, 0.3) is 0 Å². The van der Waals surface area contributed by atoms with Gasteiger partial charge < -0.3 is 19.7 Å². The minimum Gasteiger partial charge on any atom is -0.497 e. The van der Waals surface area contributed by atoms with Crippen LogP contribution in [-0.4, -0.2) is 55.0 Å². The number of likely N-dealkylation sites (tertiary alicyclic amines) is 1. The van der Waals surface area contributed by atoms with Crippen molar-refractivity contribution in [2.24, 2.45) is 5.92 Å². The third-order valence-electron chi connectivity index (χ3n) is 6.01. The quantitative estimate of drug-likeness (QED) is 0.631. The number of carbonyl (C=O) groups excluding carboxylic acids is 2. The summed E-state index contributed by atoms with van der Waals surface area (Å²) in [7, 11) is 3.13. The summed E-state index contributed by atoms with van der Waals surface area (Å²) in [6, 6.07) is 10.6. The first-order valence-electron chi connectivity index (χ1n) is 10.8. The Hall–Kier alpha value is -3.17. The summed E-state index contributed by atoms with van der Waals surface area (Å²) in [5, 5.41) is 2.95. The van der Waals surface area contributed by atoms with Gasteiger partial charge in [0.15, 0.2) is 0 Å². The lowest BCUT2D eigenvalue weighted by Gasteiger charge is -2.33. The zero-order valence-corrected chi connectivity index (χ0v) is 18.3. The Labute approximate surface area is 187 Å². The summed E-state index contributed by atoms with van der Waals surface area (Å²) in [6.45, 7) is 1.04. The van der Waals surface area contributed by atoms with Crippen molar-refractivity contribution in [2.75, 3.05) is 32.6 Å². The number of hydrogen-bond acceptors (Lipinski definition) is 7. The lowest BCUT2D eigenvalue weighted by molar-refractivity contribution is -0.136. The molecule has 170 valence electrons. The van der Waals surface area contributed by atoms with Gasteiger partial charge in [-0.15, -0.1) is 0 Å². The summed E-state index contributed by atoms with van der Waals surface area (Å²) in [5.74, 6) is 0.781. The van der Waals surface area contributed by atoms with E-state index in [4.69, 9.17) is 9.47 Å². The highest BCUT2D eigenvalue weighted by molar-refractivity contribution is 5.95. The number of rotatable bonds is 6. The van der Waals surface area contributed by atoms with Gasteiger partial charge in [0, 0.05) is 25.4 Å². The number of hydrogen-bond donors (Lipinski definition) is 3. The molecule has 0 saturated carbocycles. The first-order chi connectivity index (χ1) is 15.6. The standard InChI is InChI=1S/C23H29N5O4/c1-31-16-8-9-21(32-2)19(12-16)25-22(29)15-6-5-11-28(14-15)23(30)20-13-18(26-27-20)17-7-3-4-10-24-17/h3-4,7-10,12,15,18,20,26-27H,5-6,11,13-14H2,1-2H3,(H,25,29). The van der Waals surface area contributed by atoms with E-state index in [1.54, 1.807) is 43.5 Å². The molecule has 0 radical (unpaired) electrons. The monoisotopic (exact) mass is 439 g/mol. The molecule has 1 aromatic heterocycles. The lowest BCUT2D eigenvalue weighted by atomic mass is 9.95. The SMILES string of the molecule is COc1ccc(OC)c(NC(=O)C2CCCN(C(=O)C3CC(c4ccccn4)NN3)C2)c1. The van der Waals surface area contributed by atoms with Gasteiger partial charge in [0.1, 0.15) is 17.5 Å². The Kier molecular flexibility index (Phi) is 6.87. The Morgan fingerprint density at radius 3 is 2.78 bits per heavy atom. The molecule has 3 atom stereocenters. The normalized spacial score (nSPS) is 22.9. The van der Waals surface area contributed by atoms with Crippen molar-refractivity contribution in [3.05, 3.63) is 48.3 Å². The maximum absolute atomic E-state index is 13.1. The van der Waals surface area contributed by atoms with E-state index in [-0.39, 0.29) is 29.8 Å². The third kappa shape index (κ3) is 4.84. The van der Waals surface area contributed by atoms with Crippen LogP contribution in [0.4, 0.5) is 5.69 Å². The predicted molar refractivity (Wildman–Crippen MR) is 119 cm³/mol. The van der Waals surface area contributed by atoms with Gasteiger partial charge in [0.2, 0.25) is 11.8 Å². The molecule has 2 aliphatic rings. The fourth-order valence-corrected chi connectivity index (χ4v) is 4.25. The fraction of sp³-hybridized carbons (Fsp3) is 0.435. The Morgan fingerprint density at radius 2 is 2.03 bits per heavy atom. The van der Waals surface area contributed by atoms with E-state index in [1.807, 2.05) is 18.2 Å². The smallest absolute Gasteiger partial charge is 0.241 e. The zero-order valence-electron chi connectivity index (χ0n) is 18.3. The molecule has 3 unspecified atom stereocenters. The van der Waals surface area contributed by atoms with E-state index in [0.717, 1.165) is 18.5 Å². The van der Waals surface area contributed by atoms with Crippen LogP contribution < -0.4 is 25.6 Å². The number of methoxy groups -OCH3 is 2. The highest BCUT2D eigenvalue weighted by atomic mass is 16.5. The number of amides is 2. The van der Waals surface area contributed by atoms with Gasteiger partial charge in [-0.3, -0.25) is 14.6 Å². The van der Waals surface area contributed by atoms with Crippen molar-refractivity contribution in [3.8, 4) is 11.5 Å². The molecule has 0 aliphatic carbocycles. The van der Waals surface area contributed by atoms with Crippen LogP contribution in [0.1, 0.15) is 31.0 Å². The molecule has 32 heavy (non-hydrogen) atoms. The molecule has 9 heteroatoms. The minimum atomic E-state index is -0.345. The topological polar surface area (TPSA) is 105 Å². The maximum atomic E-state index is 13.1. The first kappa shape index (κ1) is 22.0. The number of anilines is 1. The van der Waals surface area contributed by atoms with E-state index in [1.165, 1.54) is 0 Å². The van der Waals surface area contributed by atoms with Gasteiger partial charge in [-0.25, -0.2) is 10.9 Å². The van der Waals surface area contributed by atoms with Crippen molar-refractivity contribution in [1.29, 1.82) is 0 Å². The number of benzene rings is 1. The molecule has 3 heterocycles. The fourth-order valence-electron chi connectivity index (χ4n) is 4.25. The molecule has 2 fully saturated rings. The Bertz CT molecular complexity index is 955. The Balaban J connectivity index is 1.37. The number of ether oxygens (including phenoxy) is 2. The van der Waals surface area contributed by atoms with Crippen LogP contribution in [0.3, 0.4) is 0 Å². The second kappa shape index (κ2) is 9.97. The first-order valence-corrected chi connectivity index (χ1v) is 10.8. The maximum Gasteiger partial charge on any atom is 0.241 e. The zero-order chi connectivity index (χ0) is 22.5. The van der Waals surface area contributed by atoms with E-state index < -0.39 is 0 Å². The predicted octanol–water partition coefficient (Wildman–Crippen LogP) is 1.88. The van der Waals surface area contributed by atoms with Gasteiger partial charge >= 0.3 is 0 Å². The average molecular weight is 440 g/mol. The number of nitrogens with one attached hydrogen (secondary N) is 3. The molecule has 2 aliphatic heterocycles. The van der Waals surface area contributed by atoms with Gasteiger partial charge in [-0.05, 0) is 43.5 Å². The van der Waals surface area contributed by atoms with Gasteiger partial charge in [-0.1, -0.05) is 6.07 Å². The molecule has 2 saturated heterocycles. The second-order valence-electron chi connectivity index (χ2n) is 8.06. The summed E-state index contributed by atoms with van der Waals surface area (Å²) in [4.78, 5) is 32.3. The third-order valence-corrected chi connectivity index (χ3v) is 6.01. The van der Waals surface area contributed by atoms with E-state index in [2.05, 4.69) is 21.2 Å². The van der Waals surface area contributed by atoms with Crippen LogP contribution in [0.15, 0.2) is 42.6 Å². The average Bonchev–Trinajstić information content (AvgIpc) is 3.34. The number of aromatic nitrogens is 1. The molecule has 3 N–H and O–H groups in total. The van der Waals surface area contributed by atoms with Crippen LogP contribution in [0.25, 0.3) is 0 Å². The van der Waals surface area contributed by atoms with Crippen molar-refractivity contribution in [1.82, 2.24) is 20.7 Å². The Morgan fingerprint density at radius 1 is 1.16 bits per heavy atom. The van der Waals surface area contributed by atoms with Crippen LogP contribution >= 0.6 is 0 Å². The van der Waals surface area contributed by atoms with Crippen LogP contribution in [0.5, 0.6) is 11.5 Å². The number of hydrazine groups is 1. The van der Waals surface area contributed by atoms with E-state index >= 15 is 0 Å². The lowest BCUT2D eigenvalue weighted by Crippen LogP contribution is -2.50. The van der Waals surface area contributed by atoms with Gasteiger partial charge in [-0.2, -0.15) is 0 Å². The van der Waals surface area contributed by atoms with Crippen LogP contribution in [0.2, 0.25) is 0 Å². The van der Waals surface area contributed by atoms with Gasteiger partial charge in [0.05, 0.1) is 37.6 Å². The largest absolute Gasteiger partial charge is 0.497 e. The molecule has 0 spiro atoms. The molecular weight excluding hydrogens is 410 g/mol. The van der Waals surface area contributed by atoms with Crippen LogP contribution in [-0.2, 0) is 9.59 Å². The van der Waals surface area contributed by atoms with E-state index in [0.29, 0.717) is 36.7 Å².